The van der Waals surface area contributed by atoms with E-state index in [4.69, 9.17) is 23.2 Å². The minimum absolute atomic E-state index is 0.502. The second-order valence-corrected chi connectivity index (χ2v) is 4.25. The normalized spacial score (nSPS) is 20.7. The highest BCUT2D eigenvalue weighted by molar-refractivity contribution is 6.36. The molecule has 1 N–H and O–H groups in total. The van der Waals surface area contributed by atoms with Crippen molar-refractivity contribution in [2.45, 2.75) is 19.3 Å². The van der Waals surface area contributed by atoms with Crippen LogP contribution < -0.4 is 5.32 Å². The third kappa shape index (κ3) is 1.51. The van der Waals surface area contributed by atoms with Gasteiger partial charge in [-0.2, -0.15) is 0 Å². The Labute approximate surface area is 88.0 Å². The van der Waals surface area contributed by atoms with Gasteiger partial charge in [0.15, 0.2) is 0 Å². The van der Waals surface area contributed by atoms with Crippen molar-refractivity contribution >= 4 is 28.9 Å². The summed E-state index contributed by atoms with van der Waals surface area (Å²) >= 11 is 12.2. The Kier molecular flexibility index (Phi) is 2.39. The average Bonchev–Trinajstić information content (AvgIpc) is 2.12. The van der Waals surface area contributed by atoms with Gasteiger partial charge in [0.25, 0.3) is 0 Å². The highest BCUT2D eigenvalue weighted by Crippen LogP contribution is 2.40. The molecule has 3 heteroatoms. The molecule has 1 aliphatic rings. The summed E-state index contributed by atoms with van der Waals surface area (Å²) < 4.78 is 0. The summed E-state index contributed by atoms with van der Waals surface area (Å²) in [7, 11) is 0. The summed E-state index contributed by atoms with van der Waals surface area (Å²) in [4.78, 5) is 0. The summed E-state index contributed by atoms with van der Waals surface area (Å²) in [5.41, 5.74) is 2.19. The molecule has 13 heavy (non-hydrogen) atoms. The first-order valence-electron chi connectivity index (χ1n) is 4.42. The molecule has 1 nitrogen and oxygen atoms in total. The first-order valence-corrected chi connectivity index (χ1v) is 5.17. The van der Waals surface area contributed by atoms with Crippen LogP contribution in [-0.2, 0) is 0 Å². The van der Waals surface area contributed by atoms with Gasteiger partial charge < -0.3 is 5.32 Å². The SMILES string of the molecule is CC1CCNc2c(Cl)ccc(Cl)c21. The standard InChI is InChI=1S/C10H11Cl2N/c1-6-4-5-13-10-8(12)3-2-7(11)9(6)10/h2-3,6,13H,4-5H2,1H3. The molecule has 0 amide bonds. The van der Waals surface area contributed by atoms with Crippen LogP contribution in [0.2, 0.25) is 10.0 Å². The van der Waals surface area contributed by atoms with E-state index in [-0.39, 0.29) is 0 Å². The summed E-state index contributed by atoms with van der Waals surface area (Å²) in [6.45, 7) is 3.16. The Morgan fingerprint density at radius 2 is 2.00 bits per heavy atom. The summed E-state index contributed by atoms with van der Waals surface area (Å²) in [6.07, 6.45) is 1.12. The van der Waals surface area contributed by atoms with Crippen LogP contribution in [0.25, 0.3) is 0 Å². The third-order valence-electron chi connectivity index (χ3n) is 2.51. The van der Waals surface area contributed by atoms with Crippen molar-refractivity contribution in [3.63, 3.8) is 0 Å². The van der Waals surface area contributed by atoms with Gasteiger partial charge in [-0.15, -0.1) is 0 Å². The van der Waals surface area contributed by atoms with Gasteiger partial charge in [-0.1, -0.05) is 30.1 Å². The number of benzene rings is 1. The second kappa shape index (κ2) is 3.39. The number of rotatable bonds is 0. The molecular formula is C10H11Cl2N. The Hall–Kier alpha value is -0.400. The first kappa shape index (κ1) is 9.17. The third-order valence-corrected chi connectivity index (χ3v) is 3.16. The van der Waals surface area contributed by atoms with E-state index in [0.717, 1.165) is 28.7 Å². The molecule has 0 radical (unpaired) electrons. The van der Waals surface area contributed by atoms with Crippen LogP contribution in [0.15, 0.2) is 12.1 Å². The molecule has 1 aromatic rings. The molecule has 0 saturated carbocycles. The number of hydrogen-bond acceptors (Lipinski definition) is 1. The maximum Gasteiger partial charge on any atom is 0.0641 e. The quantitative estimate of drug-likeness (QED) is 0.693. The average molecular weight is 216 g/mol. The van der Waals surface area contributed by atoms with Crippen LogP contribution in [0, 0.1) is 0 Å². The molecule has 0 spiro atoms. The van der Waals surface area contributed by atoms with Crippen molar-refractivity contribution in [3.8, 4) is 0 Å². The molecule has 1 unspecified atom stereocenters. The first-order chi connectivity index (χ1) is 6.20. The molecule has 0 fully saturated rings. The molecule has 0 aliphatic carbocycles. The highest BCUT2D eigenvalue weighted by atomic mass is 35.5. The van der Waals surface area contributed by atoms with E-state index >= 15 is 0 Å². The largest absolute Gasteiger partial charge is 0.384 e. The fourth-order valence-electron chi connectivity index (χ4n) is 1.79. The molecule has 1 aliphatic heterocycles. The van der Waals surface area contributed by atoms with Gasteiger partial charge >= 0.3 is 0 Å². The minimum Gasteiger partial charge on any atom is -0.384 e. The minimum atomic E-state index is 0.502. The zero-order chi connectivity index (χ0) is 9.42. The van der Waals surface area contributed by atoms with E-state index in [0.29, 0.717) is 5.92 Å². The molecule has 0 bridgehead atoms. The Balaban J connectivity index is 2.60. The number of hydrogen-bond donors (Lipinski definition) is 1. The zero-order valence-corrected chi connectivity index (χ0v) is 8.91. The zero-order valence-electron chi connectivity index (χ0n) is 7.40. The smallest absolute Gasteiger partial charge is 0.0641 e. The molecule has 1 heterocycles. The van der Waals surface area contributed by atoms with Crippen LogP contribution in [-0.4, -0.2) is 6.54 Å². The topological polar surface area (TPSA) is 12.0 Å². The van der Waals surface area contributed by atoms with E-state index in [2.05, 4.69) is 12.2 Å². The fourth-order valence-corrected chi connectivity index (χ4v) is 2.36. The molecule has 70 valence electrons. The van der Waals surface area contributed by atoms with E-state index in [1.807, 2.05) is 12.1 Å². The highest BCUT2D eigenvalue weighted by Gasteiger charge is 2.20. The maximum absolute atomic E-state index is 6.11. The molecule has 2 rings (SSSR count). The van der Waals surface area contributed by atoms with Crippen molar-refractivity contribution in [2.75, 3.05) is 11.9 Å². The Bertz CT molecular complexity index is 336. The summed E-state index contributed by atoms with van der Waals surface area (Å²) in [5, 5.41) is 4.87. The summed E-state index contributed by atoms with van der Waals surface area (Å²) in [5.74, 6) is 0.502. The van der Waals surface area contributed by atoms with Crippen molar-refractivity contribution in [1.82, 2.24) is 0 Å². The number of fused-ring (bicyclic) bond motifs is 1. The predicted octanol–water partition coefficient (Wildman–Crippen LogP) is 3.91. The molecular weight excluding hydrogens is 205 g/mol. The lowest BCUT2D eigenvalue weighted by molar-refractivity contribution is 0.684. The number of nitrogens with one attached hydrogen (secondary N) is 1. The van der Waals surface area contributed by atoms with Gasteiger partial charge in [0.05, 0.1) is 10.7 Å². The van der Waals surface area contributed by atoms with Gasteiger partial charge in [0.1, 0.15) is 0 Å². The van der Waals surface area contributed by atoms with Gasteiger partial charge in [0, 0.05) is 11.6 Å². The van der Waals surface area contributed by atoms with Crippen LogP contribution in [0.5, 0.6) is 0 Å². The van der Waals surface area contributed by atoms with Crippen molar-refractivity contribution in [1.29, 1.82) is 0 Å². The Morgan fingerprint density at radius 3 is 2.69 bits per heavy atom. The fraction of sp³-hybridized carbons (Fsp3) is 0.400. The van der Waals surface area contributed by atoms with Crippen molar-refractivity contribution < 1.29 is 0 Å². The van der Waals surface area contributed by atoms with Crippen LogP contribution >= 0.6 is 23.2 Å². The van der Waals surface area contributed by atoms with E-state index in [1.165, 1.54) is 5.56 Å². The lowest BCUT2D eigenvalue weighted by Gasteiger charge is -2.25. The maximum atomic E-state index is 6.11. The summed E-state index contributed by atoms with van der Waals surface area (Å²) in [6, 6.07) is 3.71. The molecule has 0 saturated heterocycles. The van der Waals surface area contributed by atoms with E-state index < -0.39 is 0 Å². The van der Waals surface area contributed by atoms with E-state index in [9.17, 15) is 0 Å². The number of anilines is 1. The van der Waals surface area contributed by atoms with Crippen LogP contribution in [0.3, 0.4) is 0 Å². The molecule has 0 aromatic heterocycles. The van der Waals surface area contributed by atoms with Gasteiger partial charge in [0.2, 0.25) is 0 Å². The molecule has 1 aromatic carbocycles. The predicted molar refractivity (Wildman–Crippen MR) is 58.0 cm³/mol. The molecule has 1 atom stereocenters. The number of halogens is 2. The van der Waals surface area contributed by atoms with Crippen molar-refractivity contribution in [2.24, 2.45) is 0 Å². The van der Waals surface area contributed by atoms with E-state index in [1.54, 1.807) is 0 Å². The van der Waals surface area contributed by atoms with Crippen molar-refractivity contribution in [3.05, 3.63) is 27.7 Å². The van der Waals surface area contributed by atoms with Gasteiger partial charge in [-0.3, -0.25) is 0 Å². The van der Waals surface area contributed by atoms with Crippen LogP contribution in [0.1, 0.15) is 24.8 Å². The Morgan fingerprint density at radius 1 is 1.31 bits per heavy atom. The van der Waals surface area contributed by atoms with Gasteiger partial charge in [-0.05, 0) is 30.0 Å². The monoisotopic (exact) mass is 215 g/mol. The lowest BCUT2D eigenvalue weighted by atomic mass is 9.93. The second-order valence-electron chi connectivity index (χ2n) is 3.43. The lowest BCUT2D eigenvalue weighted by Crippen LogP contribution is -2.15. The van der Waals surface area contributed by atoms with Gasteiger partial charge in [-0.25, -0.2) is 0 Å². The van der Waals surface area contributed by atoms with Crippen LogP contribution in [0.4, 0.5) is 5.69 Å².